The van der Waals surface area contributed by atoms with Crippen molar-refractivity contribution in [2.45, 2.75) is 12.3 Å². The molecule has 2 aromatic rings. The molecule has 25 heavy (non-hydrogen) atoms. The van der Waals surface area contributed by atoms with Gasteiger partial charge in [-0.2, -0.15) is 0 Å². The molecule has 6 nitrogen and oxygen atoms in total. The number of aliphatic carboxylic acids is 1. The quantitative estimate of drug-likeness (QED) is 0.872. The summed E-state index contributed by atoms with van der Waals surface area (Å²) >= 11 is 0. The zero-order chi connectivity index (χ0) is 17.6. The van der Waals surface area contributed by atoms with Gasteiger partial charge in [-0.1, -0.05) is 30.3 Å². The molecule has 1 unspecified atom stereocenters. The van der Waals surface area contributed by atoms with E-state index in [-0.39, 0.29) is 12.5 Å². The highest BCUT2D eigenvalue weighted by Gasteiger charge is 2.21. The molecule has 0 aliphatic carbocycles. The number of rotatable bonds is 5. The number of carbonyl (C=O) groups excluding carboxylic acids is 1. The number of ether oxygens (including phenoxy) is 2. The zero-order valence-corrected chi connectivity index (χ0v) is 13.6. The normalized spacial score (nSPS) is 14.2. The van der Waals surface area contributed by atoms with Crippen LogP contribution in [0.15, 0.2) is 48.5 Å². The van der Waals surface area contributed by atoms with Gasteiger partial charge in [-0.05, 0) is 23.8 Å². The van der Waals surface area contributed by atoms with Crippen LogP contribution in [0.4, 0.5) is 0 Å². The van der Waals surface area contributed by atoms with Gasteiger partial charge in [0.25, 0.3) is 5.91 Å². The summed E-state index contributed by atoms with van der Waals surface area (Å²) in [7, 11) is 0. The van der Waals surface area contributed by atoms with Crippen molar-refractivity contribution in [3.8, 4) is 11.5 Å². The van der Waals surface area contributed by atoms with Crippen LogP contribution in [0.2, 0.25) is 0 Å². The van der Waals surface area contributed by atoms with Crippen LogP contribution in [0.5, 0.6) is 11.5 Å². The maximum Gasteiger partial charge on any atom is 0.312 e. The van der Waals surface area contributed by atoms with E-state index in [1.165, 1.54) is 0 Å². The molecule has 0 bridgehead atoms. The third-order valence-electron chi connectivity index (χ3n) is 3.98. The van der Waals surface area contributed by atoms with Gasteiger partial charge in [0.2, 0.25) is 0 Å². The average molecular weight is 341 g/mol. The lowest BCUT2D eigenvalue weighted by Gasteiger charge is -2.14. The summed E-state index contributed by atoms with van der Waals surface area (Å²) < 4.78 is 11.1. The number of hydrogen-bond acceptors (Lipinski definition) is 4. The summed E-state index contributed by atoms with van der Waals surface area (Å²) in [6.07, 6.45) is 0.785. The average Bonchev–Trinajstić information content (AvgIpc) is 2.87. The third kappa shape index (κ3) is 4.09. The number of fused-ring (bicyclic) bond motifs is 1. The van der Waals surface area contributed by atoms with Crippen molar-refractivity contribution in [2.24, 2.45) is 0 Å². The Morgan fingerprint density at radius 1 is 1.04 bits per heavy atom. The van der Waals surface area contributed by atoms with Gasteiger partial charge >= 0.3 is 5.97 Å². The van der Waals surface area contributed by atoms with E-state index in [0.29, 0.717) is 35.8 Å². The number of amides is 1. The Balaban J connectivity index is 1.69. The van der Waals surface area contributed by atoms with Crippen molar-refractivity contribution < 1.29 is 24.2 Å². The Hall–Kier alpha value is -3.02. The number of carboxylic acids is 1. The first kappa shape index (κ1) is 16.8. The molecule has 1 aliphatic rings. The fraction of sp³-hybridized carbons (Fsp3) is 0.263. The fourth-order valence-corrected chi connectivity index (χ4v) is 2.63. The Morgan fingerprint density at radius 2 is 1.76 bits per heavy atom. The summed E-state index contributed by atoms with van der Waals surface area (Å²) in [5.41, 5.74) is 1.05. The minimum Gasteiger partial charge on any atom is -0.490 e. The van der Waals surface area contributed by atoms with Crippen LogP contribution in [0.3, 0.4) is 0 Å². The van der Waals surface area contributed by atoms with E-state index >= 15 is 0 Å². The lowest BCUT2D eigenvalue weighted by Crippen LogP contribution is -2.31. The molecule has 1 amide bonds. The summed E-state index contributed by atoms with van der Waals surface area (Å²) in [4.78, 5) is 23.9. The molecule has 6 heteroatoms. The lowest BCUT2D eigenvalue weighted by atomic mass is 9.99. The van der Waals surface area contributed by atoms with Gasteiger partial charge in [0.05, 0.1) is 19.1 Å². The second-order valence-corrected chi connectivity index (χ2v) is 5.72. The molecule has 1 heterocycles. The van der Waals surface area contributed by atoms with Gasteiger partial charge in [0.1, 0.15) is 0 Å². The molecule has 130 valence electrons. The molecule has 3 rings (SSSR count). The summed E-state index contributed by atoms with van der Waals surface area (Å²) in [6, 6.07) is 13.8. The van der Waals surface area contributed by atoms with E-state index < -0.39 is 11.9 Å². The number of hydrogen-bond donors (Lipinski definition) is 2. The molecule has 0 fully saturated rings. The van der Waals surface area contributed by atoms with Crippen molar-refractivity contribution >= 4 is 11.9 Å². The minimum absolute atomic E-state index is 0.00657. The van der Waals surface area contributed by atoms with Gasteiger partial charge in [0, 0.05) is 18.5 Å². The lowest BCUT2D eigenvalue weighted by molar-refractivity contribution is -0.138. The van der Waals surface area contributed by atoms with Gasteiger partial charge < -0.3 is 19.9 Å². The monoisotopic (exact) mass is 341 g/mol. The minimum atomic E-state index is -0.981. The van der Waals surface area contributed by atoms with Crippen molar-refractivity contribution in [2.75, 3.05) is 19.8 Å². The van der Waals surface area contributed by atoms with Crippen molar-refractivity contribution in [3.63, 3.8) is 0 Å². The smallest absolute Gasteiger partial charge is 0.312 e. The van der Waals surface area contributed by atoms with E-state index in [9.17, 15) is 14.7 Å². The van der Waals surface area contributed by atoms with E-state index in [0.717, 1.165) is 6.42 Å². The van der Waals surface area contributed by atoms with Gasteiger partial charge in [-0.25, -0.2) is 0 Å². The highest BCUT2D eigenvalue weighted by atomic mass is 16.5. The first-order valence-electron chi connectivity index (χ1n) is 8.11. The summed E-state index contributed by atoms with van der Waals surface area (Å²) in [5, 5.41) is 12.1. The van der Waals surface area contributed by atoms with Crippen molar-refractivity contribution in [1.29, 1.82) is 0 Å². The van der Waals surface area contributed by atoms with Crippen LogP contribution >= 0.6 is 0 Å². The first-order valence-corrected chi connectivity index (χ1v) is 8.11. The van der Waals surface area contributed by atoms with E-state index in [2.05, 4.69) is 5.32 Å². The van der Waals surface area contributed by atoms with Crippen LogP contribution in [-0.2, 0) is 4.79 Å². The number of benzene rings is 2. The van der Waals surface area contributed by atoms with Gasteiger partial charge in [-0.15, -0.1) is 0 Å². The molecule has 1 atom stereocenters. The summed E-state index contributed by atoms with van der Waals surface area (Å²) in [5.74, 6) is -0.988. The first-order chi connectivity index (χ1) is 12.1. The second kappa shape index (κ2) is 7.70. The maximum absolute atomic E-state index is 12.4. The molecular formula is C19H19NO5. The summed E-state index contributed by atoms with van der Waals surface area (Å²) in [6.45, 7) is 1.12. The Labute approximate surface area is 145 Å². The van der Waals surface area contributed by atoms with E-state index in [1.54, 1.807) is 42.5 Å². The predicted molar refractivity (Wildman–Crippen MR) is 91.2 cm³/mol. The molecule has 0 saturated carbocycles. The van der Waals surface area contributed by atoms with E-state index in [1.807, 2.05) is 6.07 Å². The topological polar surface area (TPSA) is 84.9 Å². The predicted octanol–water partition coefficient (Wildman–Crippen LogP) is 2.45. The Bertz CT molecular complexity index is 760. The largest absolute Gasteiger partial charge is 0.490 e. The highest BCUT2D eigenvalue weighted by Crippen LogP contribution is 2.30. The number of carboxylic acid groups (broad SMARTS) is 1. The standard InChI is InChI=1S/C19H19NO5/c21-18(14-7-8-16-17(11-14)25-10-4-9-24-16)20-12-15(19(22)23)13-5-2-1-3-6-13/h1-3,5-8,11,15H,4,9-10,12H2,(H,20,21)(H,22,23). The zero-order valence-electron chi connectivity index (χ0n) is 13.6. The molecule has 0 aromatic heterocycles. The molecule has 0 spiro atoms. The fourth-order valence-electron chi connectivity index (χ4n) is 2.63. The van der Waals surface area contributed by atoms with Crippen LogP contribution in [-0.4, -0.2) is 36.7 Å². The Morgan fingerprint density at radius 3 is 2.48 bits per heavy atom. The van der Waals surface area contributed by atoms with Crippen LogP contribution in [0.25, 0.3) is 0 Å². The van der Waals surface area contributed by atoms with Crippen LogP contribution in [0, 0.1) is 0 Å². The molecule has 0 radical (unpaired) electrons. The molecular weight excluding hydrogens is 322 g/mol. The van der Waals surface area contributed by atoms with Crippen molar-refractivity contribution in [1.82, 2.24) is 5.32 Å². The van der Waals surface area contributed by atoms with Crippen molar-refractivity contribution in [3.05, 3.63) is 59.7 Å². The third-order valence-corrected chi connectivity index (χ3v) is 3.98. The van der Waals surface area contributed by atoms with Crippen LogP contribution < -0.4 is 14.8 Å². The van der Waals surface area contributed by atoms with E-state index in [4.69, 9.17) is 9.47 Å². The molecule has 2 N–H and O–H groups in total. The molecule has 1 aliphatic heterocycles. The SMILES string of the molecule is O=C(NCC(C(=O)O)c1ccccc1)c1ccc2c(c1)OCCCO2. The highest BCUT2D eigenvalue weighted by molar-refractivity contribution is 5.95. The number of nitrogens with one attached hydrogen (secondary N) is 1. The van der Waals surface area contributed by atoms with Gasteiger partial charge in [0.15, 0.2) is 11.5 Å². The second-order valence-electron chi connectivity index (χ2n) is 5.72. The molecule has 2 aromatic carbocycles. The van der Waals surface area contributed by atoms with Crippen LogP contribution in [0.1, 0.15) is 28.3 Å². The maximum atomic E-state index is 12.4. The molecule has 0 saturated heterocycles. The number of carbonyl (C=O) groups is 2. The van der Waals surface area contributed by atoms with Gasteiger partial charge in [-0.3, -0.25) is 9.59 Å². The Kier molecular flexibility index (Phi) is 5.18.